The molecule has 0 aromatic heterocycles. The van der Waals surface area contributed by atoms with E-state index in [9.17, 15) is 27.2 Å². The summed E-state index contributed by atoms with van der Waals surface area (Å²) in [6.45, 7) is 0.435. The van der Waals surface area contributed by atoms with Crippen LogP contribution in [-0.2, 0) is 17.3 Å². The van der Waals surface area contributed by atoms with Gasteiger partial charge in [0.1, 0.15) is 11.9 Å². The number of amides is 3. The van der Waals surface area contributed by atoms with E-state index in [-0.39, 0.29) is 37.4 Å². The number of carbonyl (C=O) groups is 2. The highest BCUT2D eigenvalue weighted by Crippen LogP contribution is 2.45. The Bertz CT molecular complexity index is 1100. The minimum Gasteiger partial charge on any atom is -0.443 e. The van der Waals surface area contributed by atoms with E-state index >= 15 is 0 Å². The van der Waals surface area contributed by atoms with Gasteiger partial charge in [-0.25, -0.2) is 14.0 Å². The largest absolute Gasteiger partial charge is 0.443 e. The van der Waals surface area contributed by atoms with Gasteiger partial charge in [-0.05, 0) is 36.1 Å². The van der Waals surface area contributed by atoms with E-state index in [1.807, 2.05) is 24.3 Å². The van der Waals surface area contributed by atoms with Gasteiger partial charge in [0.25, 0.3) is 0 Å². The number of halogens is 4. The monoisotopic (exact) mass is 463 g/mol. The average Bonchev–Trinajstić information content (AvgIpc) is 3.28. The number of alkyl halides is 3. The number of urea groups is 1. The molecule has 0 unspecified atom stereocenters. The highest BCUT2D eigenvalue weighted by atomic mass is 19.4. The molecule has 2 atom stereocenters. The van der Waals surface area contributed by atoms with E-state index in [0.29, 0.717) is 19.3 Å². The molecule has 2 fully saturated rings. The number of ether oxygens (including phenoxy) is 1. The lowest BCUT2D eigenvalue weighted by atomic mass is 9.99. The molecule has 2 heterocycles. The second-order valence-corrected chi connectivity index (χ2v) is 8.49. The molecule has 2 saturated heterocycles. The van der Waals surface area contributed by atoms with Gasteiger partial charge >= 0.3 is 18.3 Å². The van der Waals surface area contributed by atoms with Crippen LogP contribution in [0.15, 0.2) is 42.5 Å². The molecule has 1 aliphatic carbocycles. The van der Waals surface area contributed by atoms with Crippen molar-refractivity contribution in [2.24, 2.45) is 0 Å². The molecule has 33 heavy (non-hydrogen) atoms. The van der Waals surface area contributed by atoms with Gasteiger partial charge in [0.05, 0.1) is 17.3 Å². The minimum absolute atomic E-state index is 0.165. The number of nitrogens with one attached hydrogen (secondary N) is 1. The number of hydrogen-bond donors (Lipinski definition) is 1. The van der Waals surface area contributed by atoms with Crippen LogP contribution in [0.5, 0.6) is 0 Å². The van der Waals surface area contributed by atoms with Crippen LogP contribution < -0.4 is 5.32 Å². The van der Waals surface area contributed by atoms with Gasteiger partial charge in [-0.2, -0.15) is 13.2 Å². The van der Waals surface area contributed by atoms with Gasteiger partial charge in [0.15, 0.2) is 0 Å². The van der Waals surface area contributed by atoms with Crippen LogP contribution in [0.25, 0.3) is 0 Å². The fraction of sp³-hybridized carbons (Fsp3) is 0.391. The summed E-state index contributed by atoms with van der Waals surface area (Å²) in [5.74, 6) is -1.15. The molecule has 2 aromatic rings. The molecular formula is C23H21F4N3O3. The van der Waals surface area contributed by atoms with Crippen LogP contribution in [0.4, 0.5) is 32.8 Å². The van der Waals surface area contributed by atoms with Crippen molar-refractivity contribution in [2.75, 3.05) is 18.4 Å². The number of nitrogens with zero attached hydrogens (tertiary/aromatic N) is 2. The SMILES string of the molecule is O=C(Nc1c(F)cccc1C(F)(F)F)N1CCC(N2C(=O)O[C@@H]3Cc4ccccc4[C@@H]32)CC1. The first-order valence-electron chi connectivity index (χ1n) is 10.7. The maximum atomic E-state index is 14.1. The molecule has 1 N–H and O–H groups in total. The molecule has 2 aliphatic heterocycles. The van der Waals surface area contributed by atoms with Gasteiger partial charge in [0, 0.05) is 25.6 Å². The lowest BCUT2D eigenvalue weighted by Crippen LogP contribution is -2.49. The molecule has 3 amide bonds. The second kappa shape index (κ2) is 7.93. The van der Waals surface area contributed by atoms with Gasteiger partial charge in [-0.1, -0.05) is 30.3 Å². The van der Waals surface area contributed by atoms with Crippen molar-refractivity contribution in [3.05, 3.63) is 65.0 Å². The van der Waals surface area contributed by atoms with Crippen LogP contribution in [0.1, 0.15) is 35.6 Å². The van der Waals surface area contributed by atoms with E-state index < -0.39 is 29.3 Å². The number of para-hydroxylation sites is 1. The third-order valence-electron chi connectivity index (χ3n) is 6.61. The van der Waals surface area contributed by atoms with Crippen LogP contribution in [0, 0.1) is 5.82 Å². The highest BCUT2D eigenvalue weighted by molar-refractivity contribution is 5.90. The maximum absolute atomic E-state index is 14.1. The number of fused-ring (bicyclic) bond motifs is 3. The number of carbonyl (C=O) groups excluding carboxylic acids is 2. The molecule has 10 heteroatoms. The first-order valence-corrected chi connectivity index (χ1v) is 10.7. The van der Waals surface area contributed by atoms with Crippen molar-refractivity contribution in [3.63, 3.8) is 0 Å². The summed E-state index contributed by atoms with van der Waals surface area (Å²) in [7, 11) is 0. The first-order chi connectivity index (χ1) is 15.7. The Morgan fingerprint density at radius 1 is 1.06 bits per heavy atom. The van der Waals surface area contributed by atoms with Crippen molar-refractivity contribution >= 4 is 17.8 Å². The van der Waals surface area contributed by atoms with Gasteiger partial charge in [-0.15, -0.1) is 0 Å². The van der Waals surface area contributed by atoms with Crippen molar-refractivity contribution in [1.29, 1.82) is 0 Å². The molecule has 174 valence electrons. The maximum Gasteiger partial charge on any atom is 0.418 e. The molecule has 5 rings (SSSR count). The average molecular weight is 463 g/mol. The van der Waals surface area contributed by atoms with E-state index in [2.05, 4.69) is 5.32 Å². The van der Waals surface area contributed by atoms with E-state index in [4.69, 9.17) is 4.74 Å². The lowest BCUT2D eigenvalue weighted by molar-refractivity contribution is -0.137. The summed E-state index contributed by atoms with van der Waals surface area (Å²) < 4.78 is 59.3. The standard InChI is InChI=1S/C23H21F4N3O3/c24-17-7-3-6-16(23(25,26)27)19(17)28-21(31)29-10-8-14(9-11-29)30-20-15-5-2-1-4-13(15)12-18(20)33-22(30)32/h1-7,14,18,20H,8-12H2,(H,28,31)/t18-,20+/m1/s1. The van der Waals surface area contributed by atoms with Crippen LogP contribution in [-0.4, -0.2) is 47.2 Å². The van der Waals surface area contributed by atoms with Gasteiger partial charge < -0.3 is 15.0 Å². The van der Waals surface area contributed by atoms with Crippen LogP contribution >= 0.6 is 0 Å². The molecule has 0 bridgehead atoms. The Balaban J connectivity index is 1.27. The molecule has 3 aliphatic rings. The van der Waals surface area contributed by atoms with Gasteiger partial charge in [-0.3, -0.25) is 4.90 Å². The number of piperidine rings is 1. The highest BCUT2D eigenvalue weighted by Gasteiger charge is 2.50. The topological polar surface area (TPSA) is 61.9 Å². The molecule has 0 radical (unpaired) electrons. The first kappa shape index (κ1) is 21.5. The Morgan fingerprint density at radius 2 is 1.79 bits per heavy atom. The summed E-state index contributed by atoms with van der Waals surface area (Å²) >= 11 is 0. The third-order valence-corrected chi connectivity index (χ3v) is 6.61. The second-order valence-electron chi connectivity index (χ2n) is 8.49. The normalized spacial score (nSPS) is 22.7. The molecule has 0 spiro atoms. The number of rotatable bonds is 2. The Morgan fingerprint density at radius 3 is 2.52 bits per heavy atom. The zero-order valence-electron chi connectivity index (χ0n) is 17.4. The molecular weight excluding hydrogens is 442 g/mol. The van der Waals surface area contributed by atoms with E-state index in [0.717, 1.165) is 29.3 Å². The molecule has 6 nitrogen and oxygen atoms in total. The van der Waals surface area contributed by atoms with Gasteiger partial charge in [0.2, 0.25) is 0 Å². The van der Waals surface area contributed by atoms with Crippen molar-refractivity contribution in [3.8, 4) is 0 Å². The predicted molar refractivity (Wildman–Crippen MR) is 110 cm³/mol. The number of hydrogen-bond acceptors (Lipinski definition) is 3. The van der Waals surface area contributed by atoms with Crippen molar-refractivity contribution in [2.45, 2.75) is 43.6 Å². The smallest absolute Gasteiger partial charge is 0.418 e. The van der Waals surface area contributed by atoms with Crippen LogP contribution in [0.2, 0.25) is 0 Å². The summed E-state index contributed by atoms with van der Waals surface area (Å²) in [6, 6.07) is 9.27. The number of anilines is 1. The van der Waals surface area contributed by atoms with Crippen LogP contribution in [0.3, 0.4) is 0 Å². The summed E-state index contributed by atoms with van der Waals surface area (Å²) in [4.78, 5) is 28.3. The fourth-order valence-electron chi connectivity index (χ4n) is 5.07. The summed E-state index contributed by atoms with van der Waals surface area (Å²) in [5, 5.41) is 2.09. The Kier molecular flexibility index (Phi) is 5.18. The zero-order valence-corrected chi connectivity index (χ0v) is 17.4. The van der Waals surface area contributed by atoms with Crippen molar-refractivity contribution in [1.82, 2.24) is 9.80 Å². The fourth-order valence-corrected chi connectivity index (χ4v) is 5.07. The predicted octanol–water partition coefficient (Wildman–Crippen LogP) is 4.96. The summed E-state index contributed by atoms with van der Waals surface area (Å²) in [5.41, 5.74) is 0.0852. The molecule has 0 saturated carbocycles. The Hall–Kier alpha value is -3.30. The molecule has 2 aromatic carbocycles. The minimum atomic E-state index is -4.80. The van der Waals surface area contributed by atoms with E-state index in [1.54, 1.807) is 4.90 Å². The zero-order chi connectivity index (χ0) is 23.3. The lowest BCUT2D eigenvalue weighted by Gasteiger charge is -2.38. The van der Waals surface area contributed by atoms with Crippen molar-refractivity contribution < 1.29 is 31.9 Å². The summed E-state index contributed by atoms with van der Waals surface area (Å²) in [6.07, 6.45) is -3.88. The van der Waals surface area contributed by atoms with E-state index in [1.165, 1.54) is 4.90 Å². The quantitative estimate of drug-likeness (QED) is 0.641. The Labute approximate surface area is 187 Å². The number of likely N-dealkylation sites (tertiary alicyclic amines) is 1. The number of benzene rings is 2. The third kappa shape index (κ3) is 3.77.